The summed E-state index contributed by atoms with van der Waals surface area (Å²) in [6.45, 7) is 5.30. The molecule has 0 spiro atoms. The lowest BCUT2D eigenvalue weighted by molar-refractivity contribution is 0.592. The number of hydrogen-bond donors (Lipinski definition) is 2. The molecule has 2 aromatic rings. The highest BCUT2D eigenvalue weighted by Crippen LogP contribution is 2.11. The minimum atomic E-state index is -3.12. The van der Waals surface area contributed by atoms with Crippen LogP contribution in [0, 0.1) is 0 Å². The van der Waals surface area contributed by atoms with E-state index in [-0.39, 0.29) is 41.5 Å². The van der Waals surface area contributed by atoms with E-state index in [4.69, 9.17) is 0 Å². The van der Waals surface area contributed by atoms with E-state index in [9.17, 15) is 8.42 Å². The van der Waals surface area contributed by atoms with E-state index in [1.807, 2.05) is 55.5 Å². The van der Waals surface area contributed by atoms with Crippen molar-refractivity contribution in [1.29, 1.82) is 0 Å². The summed E-state index contributed by atoms with van der Waals surface area (Å²) in [6.07, 6.45) is 0.505. The molecule has 0 bridgehead atoms. The van der Waals surface area contributed by atoms with Crippen molar-refractivity contribution in [2.45, 2.75) is 32.1 Å². The lowest BCUT2D eigenvalue weighted by atomic mass is 10.1. The van der Waals surface area contributed by atoms with E-state index in [1.165, 1.54) is 5.56 Å². The smallest absolute Gasteiger partial charge is 0.191 e. The van der Waals surface area contributed by atoms with Gasteiger partial charge in [0.2, 0.25) is 0 Å². The molecule has 28 heavy (non-hydrogen) atoms. The number of nitrogens with one attached hydrogen (secondary N) is 2. The highest BCUT2D eigenvalue weighted by atomic mass is 127. The van der Waals surface area contributed by atoms with Gasteiger partial charge in [-0.15, -0.1) is 24.0 Å². The van der Waals surface area contributed by atoms with Gasteiger partial charge in [-0.3, -0.25) is 4.99 Å². The highest BCUT2D eigenvalue weighted by molar-refractivity contribution is 14.0. The van der Waals surface area contributed by atoms with Crippen molar-refractivity contribution >= 4 is 39.8 Å². The third-order valence-electron chi connectivity index (χ3n) is 4.11. The number of guanidine groups is 1. The summed E-state index contributed by atoms with van der Waals surface area (Å²) in [5, 5.41) is 6.57. The Labute approximate surface area is 186 Å². The Hall–Kier alpha value is -1.61. The van der Waals surface area contributed by atoms with Gasteiger partial charge in [0, 0.05) is 13.1 Å². The fourth-order valence-electron chi connectivity index (χ4n) is 2.73. The number of hydrogen-bond acceptors (Lipinski definition) is 3. The molecule has 5 nitrogen and oxygen atoms in total. The molecular formula is C21H30IN3O2S. The fourth-order valence-corrected chi connectivity index (χ4v) is 4.14. The number of aliphatic imine (C=N–C) groups is 1. The van der Waals surface area contributed by atoms with Gasteiger partial charge in [0.15, 0.2) is 15.8 Å². The predicted molar refractivity (Wildman–Crippen MR) is 128 cm³/mol. The third-order valence-corrected chi connectivity index (χ3v) is 5.79. The van der Waals surface area contributed by atoms with Crippen LogP contribution in [0.15, 0.2) is 65.7 Å². The number of rotatable bonds is 9. The Morgan fingerprint density at radius 3 is 2.25 bits per heavy atom. The van der Waals surface area contributed by atoms with Gasteiger partial charge in [-0.05, 0) is 31.4 Å². The van der Waals surface area contributed by atoms with Gasteiger partial charge >= 0.3 is 0 Å². The third kappa shape index (κ3) is 9.05. The van der Waals surface area contributed by atoms with Crippen molar-refractivity contribution in [1.82, 2.24) is 10.6 Å². The minimum absolute atomic E-state index is 0. The van der Waals surface area contributed by atoms with E-state index >= 15 is 0 Å². The normalized spacial score (nSPS) is 12.7. The Morgan fingerprint density at radius 1 is 1.04 bits per heavy atom. The summed E-state index contributed by atoms with van der Waals surface area (Å²) < 4.78 is 24.5. The zero-order valence-electron chi connectivity index (χ0n) is 16.5. The Kier molecular flexibility index (Phi) is 11.1. The quantitative estimate of drug-likeness (QED) is 0.230. The second-order valence-corrected chi connectivity index (χ2v) is 8.65. The first-order chi connectivity index (χ1) is 13.0. The topological polar surface area (TPSA) is 70.6 Å². The SMILES string of the molecule is CCNC(=NCCCS(=O)(=O)Cc1ccccc1)NC(C)c1ccccc1.I. The molecule has 0 saturated carbocycles. The fraction of sp³-hybridized carbons (Fsp3) is 0.381. The van der Waals surface area contributed by atoms with Crippen LogP contribution in [0.2, 0.25) is 0 Å². The molecule has 0 aromatic heterocycles. The second-order valence-electron chi connectivity index (χ2n) is 6.47. The molecule has 0 amide bonds. The largest absolute Gasteiger partial charge is 0.357 e. The molecule has 0 aliphatic rings. The first-order valence-electron chi connectivity index (χ1n) is 9.34. The maximum atomic E-state index is 12.3. The molecule has 0 radical (unpaired) electrons. The molecule has 154 valence electrons. The molecule has 2 aromatic carbocycles. The van der Waals surface area contributed by atoms with E-state index in [0.717, 1.165) is 12.1 Å². The van der Waals surface area contributed by atoms with Crippen LogP contribution in [0.25, 0.3) is 0 Å². The zero-order chi connectivity index (χ0) is 19.5. The summed E-state index contributed by atoms with van der Waals surface area (Å²) in [7, 11) is -3.12. The van der Waals surface area contributed by atoms with Gasteiger partial charge in [-0.1, -0.05) is 60.7 Å². The zero-order valence-corrected chi connectivity index (χ0v) is 19.6. The molecule has 1 atom stereocenters. The standard InChI is InChI=1S/C21H29N3O2S.HI/c1-3-22-21(24-18(2)20-13-8-5-9-14-20)23-15-10-16-27(25,26)17-19-11-6-4-7-12-19;/h4-9,11-14,18H,3,10,15-17H2,1-2H3,(H2,22,23,24);1H. The van der Waals surface area contributed by atoms with Crippen molar-refractivity contribution in [3.63, 3.8) is 0 Å². The minimum Gasteiger partial charge on any atom is -0.357 e. The molecule has 1 unspecified atom stereocenters. The predicted octanol–water partition coefficient (Wildman–Crippen LogP) is 3.93. The van der Waals surface area contributed by atoms with E-state index in [2.05, 4.69) is 34.7 Å². The van der Waals surface area contributed by atoms with Gasteiger partial charge in [0.25, 0.3) is 0 Å². The summed E-state index contributed by atoms with van der Waals surface area (Å²) >= 11 is 0. The van der Waals surface area contributed by atoms with Crippen LogP contribution in [0.1, 0.15) is 37.4 Å². The van der Waals surface area contributed by atoms with Crippen molar-refractivity contribution in [3.05, 3.63) is 71.8 Å². The van der Waals surface area contributed by atoms with Crippen LogP contribution in [0.4, 0.5) is 0 Å². The molecule has 0 aliphatic heterocycles. The van der Waals surface area contributed by atoms with Crippen molar-refractivity contribution in [2.24, 2.45) is 4.99 Å². The first-order valence-corrected chi connectivity index (χ1v) is 11.2. The molecule has 0 saturated heterocycles. The number of benzene rings is 2. The monoisotopic (exact) mass is 515 g/mol. The van der Waals surface area contributed by atoms with Crippen molar-refractivity contribution < 1.29 is 8.42 Å². The molecule has 2 rings (SSSR count). The molecule has 0 fully saturated rings. The summed E-state index contributed by atoms with van der Waals surface area (Å²) in [6, 6.07) is 19.5. The molecule has 2 N–H and O–H groups in total. The lowest BCUT2D eigenvalue weighted by Gasteiger charge is -2.18. The Morgan fingerprint density at radius 2 is 1.64 bits per heavy atom. The van der Waals surface area contributed by atoms with Crippen LogP contribution in [-0.2, 0) is 15.6 Å². The average Bonchev–Trinajstić information content (AvgIpc) is 2.66. The van der Waals surface area contributed by atoms with Gasteiger partial charge in [-0.2, -0.15) is 0 Å². The van der Waals surface area contributed by atoms with Gasteiger partial charge in [0.1, 0.15) is 0 Å². The van der Waals surface area contributed by atoms with Crippen LogP contribution >= 0.6 is 24.0 Å². The van der Waals surface area contributed by atoms with Crippen molar-refractivity contribution in [2.75, 3.05) is 18.8 Å². The van der Waals surface area contributed by atoms with E-state index in [1.54, 1.807) is 0 Å². The van der Waals surface area contributed by atoms with Crippen LogP contribution in [0.5, 0.6) is 0 Å². The average molecular weight is 515 g/mol. The highest BCUT2D eigenvalue weighted by Gasteiger charge is 2.12. The molecule has 0 heterocycles. The van der Waals surface area contributed by atoms with E-state index < -0.39 is 9.84 Å². The Bertz CT molecular complexity index is 812. The maximum absolute atomic E-state index is 12.3. The first kappa shape index (κ1) is 24.4. The molecule has 7 heteroatoms. The second kappa shape index (κ2) is 12.8. The van der Waals surface area contributed by atoms with Crippen molar-refractivity contribution in [3.8, 4) is 0 Å². The van der Waals surface area contributed by atoms with Gasteiger partial charge in [-0.25, -0.2) is 8.42 Å². The Balaban J connectivity index is 0.00000392. The molecule has 0 aliphatic carbocycles. The number of nitrogens with zero attached hydrogens (tertiary/aromatic N) is 1. The number of sulfone groups is 1. The van der Waals surface area contributed by atoms with Crippen LogP contribution in [-0.4, -0.2) is 33.2 Å². The van der Waals surface area contributed by atoms with Gasteiger partial charge in [0.05, 0.1) is 17.5 Å². The number of halogens is 1. The maximum Gasteiger partial charge on any atom is 0.191 e. The van der Waals surface area contributed by atoms with Crippen LogP contribution < -0.4 is 10.6 Å². The lowest BCUT2D eigenvalue weighted by Crippen LogP contribution is -2.38. The summed E-state index contributed by atoms with van der Waals surface area (Å²) in [4.78, 5) is 4.52. The molecular weight excluding hydrogens is 485 g/mol. The van der Waals surface area contributed by atoms with Gasteiger partial charge < -0.3 is 10.6 Å². The van der Waals surface area contributed by atoms with Crippen LogP contribution in [0.3, 0.4) is 0 Å². The summed E-state index contributed by atoms with van der Waals surface area (Å²) in [5.74, 6) is 0.925. The summed E-state index contributed by atoms with van der Waals surface area (Å²) in [5.41, 5.74) is 2.00. The van der Waals surface area contributed by atoms with E-state index in [0.29, 0.717) is 18.9 Å².